The van der Waals surface area contributed by atoms with Crippen LogP contribution >= 0.6 is 0 Å². The molecule has 1 aliphatic rings. The van der Waals surface area contributed by atoms with Gasteiger partial charge in [0.1, 0.15) is 5.60 Å². The van der Waals surface area contributed by atoms with Gasteiger partial charge in [0.15, 0.2) is 18.3 Å². The number of methoxy groups -OCH3 is 3. The van der Waals surface area contributed by atoms with Crippen molar-refractivity contribution in [3.63, 3.8) is 0 Å². The zero-order valence-electron chi connectivity index (χ0n) is 19.6. The van der Waals surface area contributed by atoms with E-state index in [4.69, 9.17) is 23.7 Å². The van der Waals surface area contributed by atoms with E-state index in [-0.39, 0.29) is 18.9 Å². The lowest BCUT2D eigenvalue weighted by Crippen LogP contribution is -2.50. The molecule has 2 atom stereocenters. The summed E-state index contributed by atoms with van der Waals surface area (Å²) >= 11 is 0. The van der Waals surface area contributed by atoms with Crippen molar-refractivity contribution in [1.29, 1.82) is 0 Å². The quantitative estimate of drug-likeness (QED) is 0.603. The van der Waals surface area contributed by atoms with Gasteiger partial charge in [0.25, 0.3) is 5.91 Å². The van der Waals surface area contributed by atoms with E-state index in [1.807, 2.05) is 0 Å². The molecule has 0 unspecified atom stereocenters. The predicted octanol–water partition coefficient (Wildman–Crippen LogP) is 2.18. The molecule has 2 rings (SSSR count). The molecule has 10 nitrogen and oxygen atoms in total. The van der Waals surface area contributed by atoms with E-state index >= 15 is 0 Å². The minimum absolute atomic E-state index is 0.0208. The monoisotopic (exact) mass is 454 g/mol. The summed E-state index contributed by atoms with van der Waals surface area (Å²) in [7, 11) is 4.38. The van der Waals surface area contributed by atoms with Gasteiger partial charge in [-0.25, -0.2) is 4.79 Å². The Bertz CT molecular complexity index is 768. The zero-order valence-corrected chi connectivity index (χ0v) is 19.6. The second kappa shape index (κ2) is 11.2. The first kappa shape index (κ1) is 25.5. The third-order valence-corrected chi connectivity index (χ3v) is 4.82. The summed E-state index contributed by atoms with van der Waals surface area (Å²) in [4.78, 5) is 27.0. The Labute approximate surface area is 188 Å². The van der Waals surface area contributed by atoms with Gasteiger partial charge >= 0.3 is 6.09 Å². The minimum Gasteiger partial charge on any atom is -0.493 e. The first-order valence-electron chi connectivity index (χ1n) is 10.4. The normalized spacial score (nSPS) is 19.0. The van der Waals surface area contributed by atoms with Gasteiger partial charge in [0.05, 0.1) is 26.4 Å². The van der Waals surface area contributed by atoms with Crippen molar-refractivity contribution >= 4 is 12.0 Å². The fraction of sp³-hybridized carbons (Fsp3) is 0.636. The zero-order chi connectivity index (χ0) is 23.9. The highest BCUT2D eigenvalue weighted by Crippen LogP contribution is 2.38. The number of benzene rings is 1. The van der Waals surface area contributed by atoms with Crippen LogP contribution in [0.15, 0.2) is 12.1 Å². The van der Waals surface area contributed by atoms with Gasteiger partial charge in [0.2, 0.25) is 5.75 Å². The fourth-order valence-electron chi connectivity index (χ4n) is 3.30. The van der Waals surface area contributed by atoms with Crippen LogP contribution < -0.4 is 19.5 Å². The van der Waals surface area contributed by atoms with E-state index in [0.29, 0.717) is 36.6 Å². The molecule has 0 spiro atoms. The number of ether oxygens (including phenoxy) is 5. The maximum atomic E-state index is 13.0. The standard InChI is InChI=1S/C22H34N2O8/c1-22(2,3)32-21(27)24-9-7-8-16(25)15(12-24)23-20(26)14-10-17(29-5)19(31-13-28-4)18(11-14)30-6/h10-11,15-16,25H,7-9,12-13H2,1-6H3,(H,23,26)/t15-,16-/m1/s1. The molecule has 0 radical (unpaired) electrons. The molecule has 180 valence electrons. The summed E-state index contributed by atoms with van der Waals surface area (Å²) in [5, 5.41) is 13.4. The molecular weight excluding hydrogens is 420 g/mol. The van der Waals surface area contributed by atoms with Crippen LogP contribution in [0.1, 0.15) is 44.0 Å². The van der Waals surface area contributed by atoms with Gasteiger partial charge in [-0.3, -0.25) is 4.79 Å². The highest BCUT2D eigenvalue weighted by Gasteiger charge is 2.32. The van der Waals surface area contributed by atoms with Crippen LogP contribution in [-0.2, 0) is 9.47 Å². The molecule has 10 heteroatoms. The van der Waals surface area contributed by atoms with Crippen LogP contribution in [0.2, 0.25) is 0 Å². The van der Waals surface area contributed by atoms with Crippen LogP contribution in [0.25, 0.3) is 0 Å². The Morgan fingerprint density at radius 2 is 1.78 bits per heavy atom. The Morgan fingerprint density at radius 3 is 2.31 bits per heavy atom. The number of hydrogen-bond acceptors (Lipinski definition) is 8. The number of nitrogens with one attached hydrogen (secondary N) is 1. The average molecular weight is 455 g/mol. The smallest absolute Gasteiger partial charge is 0.410 e. The van der Waals surface area contributed by atoms with Crippen molar-refractivity contribution in [2.45, 2.75) is 51.4 Å². The molecule has 0 aliphatic carbocycles. The van der Waals surface area contributed by atoms with Crippen LogP contribution in [0, 0.1) is 0 Å². The van der Waals surface area contributed by atoms with Crippen LogP contribution in [-0.4, -0.2) is 81.0 Å². The SMILES string of the molecule is COCOc1c(OC)cc(C(=O)N[C@@H]2CN(C(=O)OC(C)(C)C)CCC[C@H]2O)cc1OC. The summed E-state index contributed by atoms with van der Waals surface area (Å²) in [5.41, 5.74) is -0.385. The van der Waals surface area contributed by atoms with Gasteiger partial charge in [-0.05, 0) is 45.7 Å². The third kappa shape index (κ3) is 6.89. The number of nitrogens with zero attached hydrogens (tertiary/aromatic N) is 1. The highest BCUT2D eigenvalue weighted by molar-refractivity contribution is 5.96. The number of aliphatic hydroxyl groups is 1. The molecule has 1 saturated heterocycles. The molecule has 1 aromatic carbocycles. The van der Waals surface area contributed by atoms with E-state index in [9.17, 15) is 14.7 Å². The fourth-order valence-corrected chi connectivity index (χ4v) is 3.30. The molecule has 1 aromatic rings. The maximum Gasteiger partial charge on any atom is 0.410 e. The first-order chi connectivity index (χ1) is 15.1. The number of likely N-dealkylation sites (tertiary alicyclic amines) is 1. The van der Waals surface area contributed by atoms with Gasteiger partial charge in [-0.2, -0.15) is 0 Å². The Balaban J connectivity index is 2.21. The summed E-state index contributed by atoms with van der Waals surface area (Å²) in [6.45, 7) is 5.91. The summed E-state index contributed by atoms with van der Waals surface area (Å²) < 4.78 is 26.6. The summed E-state index contributed by atoms with van der Waals surface area (Å²) in [5.74, 6) is 0.445. The Morgan fingerprint density at radius 1 is 1.16 bits per heavy atom. The van der Waals surface area contributed by atoms with Crippen molar-refractivity contribution < 1.29 is 38.4 Å². The predicted molar refractivity (Wildman–Crippen MR) is 116 cm³/mol. The van der Waals surface area contributed by atoms with Gasteiger partial charge in [-0.15, -0.1) is 0 Å². The van der Waals surface area contributed by atoms with Gasteiger partial charge < -0.3 is 39.0 Å². The Kier molecular flexibility index (Phi) is 8.97. The number of carbonyl (C=O) groups is 2. The van der Waals surface area contributed by atoms with E-state index in [1.54, 1.807) is 20.8 Å². The van der Waals surface area contributed by atoms with Crippen LogP contribution in [0.4, 0.5) is 4.79 Å². The molecule has 2 N–H and O–H groups in total. The number of aliphatic hydroxyl groups excluding tert-OH is 1. The number of hydrogen-bond donors (Lipinski definition) is 2. The third-order valence-electron chi connectivity index (χ3n) is 4.82. The molecule has 0 aromatic heterocycles. The second-order valence-electron chi connectivity index (χ2n) is 8.48. The van der Waals surface area contributed by atoms with Crippen LogP contribution in [0.3, 0.4) is 0 Å². The first-order valence-corrected chi connectivity index (χ1v) is 10.4. The van der Waals surface area contributed by atoms with Crippen molar-refractivity contribution in [3.05, 3.63) is 17.7 Å². The minimum atomic E-state index is -0.806. The lowest BCUT2D eigenvalue weighted by Gasteiger charge is -2.29. The van der Waals surface area contributed by atoms with Gasteiger partial charge in [0, 0.05) is 25.8 Å². The Hall–Kier alpha value is -2.72. The lowest BCUT2D eigenvalue weighted by atomic mass is 10.1. The van der Waals surface area contributed by atoms with Gasteiger partial charge in [-0.1, -0.05) is 0 Å². The maximum absolute atomic E-state index is 13.0. The molecule has 0 bridgehead atoms. The van der Waals surface area contributed by atoms with E-state index in [2.05, 4.69) is 5.32 Å². The molecule has 1 fully saturated rings. The highest BCUT2D eigenvalue weighted by atomic mass is 16.7. The molecule has 2 amide bonds. The van der Waals surface area contributed by atoms with Crippen molar-refractivity contribution in [2.75, 3.05) is 41.2 Å². The van der Waals surface area contributed by atoms with E-state index in [1.165, 1.54) is 38.4 Å². The largest absolute Gasteiger partial charge is 0.493 e. The molecule has 32 heavy (non-hydrogen) atoms. The van der Waals surface area contributed by atoms with Crippen molar-refractivity contribution in [3.8, 4) is 17.2 Å². The van der Waals surface area contributed by atoms with E-state index in [0.717, 1.165) is 0 Å². The second-order valence-corrected chi connectivity index (χ2v) is 8.48. The molecule has 0 saturated carbocycles. The lowest BCUT2D eigenvalue weighted by molar-refractivity contribution is 0.0223. The van der Waals surface area contributed by atoms with Crippen molar-refractivity contribution in [2.24, 2.45) is 0 Å². The summed E-state index contributed by atoms with van der Waals surface area (Å²) in [6.07, 6.45) is -0.242. The van der Waals surface area contributed by atoms with E-state index < -0.39 is 29.7 Å². The van der Waals surface area contributed by atoms with Crippen LogP contribution in [0.5, 0.6) is 17.2 Å². The van der Waals surface area contributed by atoms with Crippen molar-refractivity contribution in [1.82, 2.24) is 10.2 Å². The average Bonchev–Trinajstić information content (AvgIpc) is 2.91. The topological polar surface area (TPSA) is 116 Å². The number of amides is 2. The summed E-state index contributed by atoms with van der Waals surface area (Å²) in [6, 6.07) is 2.36. The molecule has 1 heterocycles. The number of rotatable bonds is 7. The molecule has 1 aliphatic heterocycles. The number of carbonyl (C=O) groups excluding carboxylic acids is 2. The molecular formula is C22H34N2O8.